The normalized spacial score (nSPS) is 12.2. The van der Waals surface area contributed by atoms with E-state index in [1.165, 1.54) is 0 Å². The first-order valence-electron chi connectivity index (χ1n) is 7.16. The van der Waals surface area contributed by atoms with Gasteiger partial charge in [0.1, 0.15) is 5.82 Å². The molecular weight excluding hydrogens is 266 g/mol. The number of hydrogen-bond acceptors (Lipinski definition) is 5. The average molecular weight is 289 g/mol. The van der Waals surface area contributed by atoms with Crippen LogP contribution >= 0.6 is 0 Å². The Morgan fingerprint density at radius 1 is 1.24 bits per heavy atom. The Morgan fingerprint density at radius 2 is 1.95 bits per heavy atom. The standard InChI is InChI=1S/C16H23N3O2/c1-11(17)5-4-7-18-16-13-10-15(21-3)14(20-2)9-12(13)6-8-19-16/h6,8-11H,4-5,7,17H2,1-3H3,(H,18,19). The molecule has 1 aromatic heterocycles. The quantitative estimate of drug-likeness (QED) is 0.767. The third-order valence-corrected chi connectivity index (χ3v) is 3.40. The van der Waals surface area contributed by atoms with Crippen molar-refractivity contribution >= 4 is 16.6 Å². The van der Waals surface area contributed by atoms with Crippen LogP contribution in [0.25, 0.3) is 10.8 Å². The molecule has 2 aromatic rings. The third kappa shape index (κ3) is 3.76. The van der Waals surface area contributed by atoms with E-state index >= 15 is 0 Å². The molecule has 0 aliphatic heterocycles. The van der Waals surface area contributed by atoms with Gasteiger partial charge in [0.15, 0.2) is 11.5 Å². The zero-order chi connectivity index (χ0) is 15.2. The molecule has 0 spiro atoms. The van der Waals surface area contributed by atoms with Crippen molar-refractivity contribution in [2.75, 3.05) is 26.1 Å². The molecule has 0 aliphatic carbocycles. The summed E-state index contributed by atoms with van der Waals surface area (Å²) >= 11 is 0. The van der Waals surface area contributed by atoms with Gasteiger partial charge in [-0.05, 0) is 43.4 Å². The van der Waals surface area contributed by atoms with Crippen LogP contribution in [0.5, 0.6) is 11.5 Å². The molecule has 1 aromatic carbocycles. The molecule has 5 nitrogen and oxygen atoms in total. The Hall–Kier alpha value is -2.01. The molecule has 21 heavy (non-hydrogen) atoms. The lowest BCUT2D eigenvalue weighted by molar-refractivity contribution is 0.356. The molecule has 1 heterocycles. The summed E-state index contributed by atoms with van der Waals surface area (Å²) in [4.78, 5) is 4.42. The number of hydrogen-bond donors (Lipinski definition) is 2. The van der Waals surface area contributed by atoms with Gasteiger partial charge in [0.05, 0.1) is 14.2 Å². The Bertz CT molecular complexity index is 599. The van der Waals surface area contributed by atoms with Gasteiger partial charge in [-0.2, -0.15) is 0 Å². The molecule has 0 aliphatic rings. The maximum atomic E-state index is 5.76. The van der Waals surface area contributed by atoms with Crippen LogP contribution in [0.3, 0.4) is 0 Å². The van der Waals surface area contributed by atoms with Gasteiger partial charge in [-0.3, -0.25) is 0 Å². The minimum absolute atomic E-state index is 0.233. The summed E-state index contributed by atoms with van der Waals surface area (Å²) < 4.78 is 10.7. The van der Waals surface area contributed by atoms with Crippen molar-refractivity contribution in [2.24, 2.45) is 5.73 Å². The third-order valence-electron chi connectivity index (χ3n) is 3.40. The Balaban J connectivity index is 2.23. The number of fused-ring (bicyclic) bond motifs is 1. The van der Waals surface area contributed by atoms with Crippen molar-refractivity contribution in [1.82, 2.24) is 4.98 Å². The van der Waals surface area contributed by atoms with E-state index in [1.807, 2.05) is 25.1 Å². The monoisotopic (exact) mass is 289 g/mol. The number of rotatable bonds is 7. The molecule has 0 amide bonds. The number of nitrogens with two attached hydrogens (primary N) is 1. The van der Waals surface area contributed by atoms with Gasteiger partial charge >= 0.3 is 0 Å². The SMILES string of the molecule is COc1cc2ccnc(NCCCC(C)N)c2cc1OC. The first-order valence-corrected chi connectivity index (χ1v) is 7.16. The van der Waals surface area contributed by atoms with Gasteiger partial charge in [0.25, 0.3) is 0 Å². The number of aromatic nitrogens is 1. The lowest BCUT2D eigenvalue weighted by atomic mass is 10.1. The van der Waals surface area contributed by atoms with Gasteiger partial charge in [-0.25, -0.2) is 4.98 Å². The van der Waals surface area contributed by atoms with Gasteiger partial charge in [0.2, 0.25) is 0 Å². The van der Waals surface area contributed by atoms with E-state index in [0.717, 1.165) is 41.7 Å². The van der Waals surface area contributed by atoms with E-state index in [4.69, 9.17) is 15.2 Å². The summed E-state index contributed by atoms with van der Waals surface area (Å²) in [6.07, 6.45) is 3.81. The number of anilines is 1. The second-order valence-corrected chi connectivity index (χ2v) is 5.13. The second-order valence-electron chi connectivity index (χ2n) is 5.13. The first-order chi connectivity index (χ1) is 10.2. The van der Waals surface area contributed by atoms with Crippen LogP contribution in [-0.4, -0.2) is 31.8 Å². The highest BCUT2D eigenvalue weighted by Gasteiger charge is 2.09. The van der Waals surface area contributed by atoms with Crippen molar-refractivity contribution in [1.29, 1.82) is 0 Å². The summed E-state index contributed by atoms with van der Waals surface area (Å²) in [5.74, 6) is 2.29. The largest absolute Gasteiger partial charge is 0.493 e. The van der Waals surface area contributed by atoms with Crippen LogP contribution in [0.2, 0.25) is 0 Å². The molecule has 0 bridgehead atoms. The zero-order valence-electron chi connectivity index (χ0n) is 12.8. The average Bonchev–Trinajstić information content (AvgIpc) is 2.49. The number of pyridine rings is 1. The number of ether oxygens (including phenoxy) is 2. The smallest absolute Gasteiger partial charge is 0.161 e. The summed E-state index contributed by atoms with van der Waals surface area (Å²) in [5.41, 5.74) is 5.76. The second kappa shape index (κ2) is 7.13. The van der Waals surface area contributed by atoms with E-state index in [1.54, 1.807) is 20.4 Å². The molecule has 0 saturated heterocycles. The number of nitrogens with zero attached hydrogens (tertiary/aromatic N) is 1. The maximum Gasteiger partial charge on any atom is 0.161 e. The molecule has 0 fully saturated rings. The van der Waals surface area contributed by atoms with Crippen molar-refractivity contribution in [2.45, 2.75) is 25.8 Å². The Morgan fingerprint density at radius 3 is 2.62 bits per heavy atom. The molecule has 1 atom stereocenters. The van der Waals surface area contributed by atoms with Gasteiger partial charge in [-0.15, -0.1) is 0 Å². The predicted molar refractivity (Wildman–Crippen MR) is 86.2 cm³/mol. The van der Waals surface area contributed by atoms with E-state index < -0.39 is 0 Å². The van der Waals surface area contributed by atoms with Crippen LogP contribution in [0.15, 0.2) is 24.4 Å². The molecule has 0 saturated carbocycles. The highest BCUT2D eigenvalue weighted by Crippen LogP contribution is 2.34. The number of nitrogens with one attached hydrogen (secondary N) is 1. The lowest BCUT2D eigenvalue weighted by Gasteiger charge is -2.13. The van der Waals surface area contributed by atoms with Crippen molar-refractivity contribution < 1.29 is 9.47 Å². The van der Waals surface area contributed by atoms with Crippen molar-refractivity contribution in [3.05, 3.63) is 24.4 Å². The van der Waals surface area contributed by atoms with E-state index in [0.29, 0.717) is 5.75 Å². The fourth-order valence-corrected chi connectivity index (χ4v) is 2.27. The van der Waals surface area contributed by atoms with Gasteiger partial charge < -0.3 is 20.5 Å². The van der Waals surface area contributed by atoms with Crippen LogP contribution in [0.1, 0.15) is 19.8 Å². The zero-order valence-corrected chi connectivity index (χ0v) is 12.8. The molecule has 0 radical (unpaired) electrons. The molecule has 5 heteroatoms. The van der Waals surface area contributed by atoms with Crippen LogP contribution < -0.4 is 20.5 Å². The highest BCUT2D eigenvalue weighted by atomic mass is 16.5. The molecule has 1 unspecified atom stereocenters. The van der Waals surface area contributed by atoms with Gasteiger partial charge in [-0.1, -0.05) is 0 Å². The summed E-state index contributed by atoms with van der Waals surface area (Å²) in [7, 11) is 3.27. The first kappa shape index (κ1) is 15.4. The lowest BCUT2D eigenvalue weighted by Crippen LogP contribution is -2.16. The minimum atomic E-state index is 0.233. The molecule has 114 valence electrons. The molecule has 2 rings (SSSR count). The fourth-order valence-electron chi connectivity index (χ4n) is 2.27. The molecule has 3 N–H and O–H groups in total. The topological polar surface area (TPSA) is 69.4 Å². The number of benzene rings is 1. The highest BCUT2D eigenvalue weighted by molar-refractivity contribution is 5.94. The van der Waals surface area contributed by atoms with Gasteiger partial charge in [0, 0.05) is 24.2 Å². The Kier molecular flexibility index (Phi) is 5.22. The minimum Gasteiger partial charge on any atom is -0.493 e. The van der Waals surface area contributed by atoms with E-state index in [9.17, 15) is 0 Å². The van der Waals surface area contributed by atoms with Crippen LogP contribution in [-0.2, 0) is 0 Å². The summed E-state index contributed by atoms with van der Waals surface area (Å²) in [6, 6.07) is 6.11. The van der Waals surface area contributed by atoms with Crippen LogP contribution in [0, 0.1) is 0 Å². The van der Waals surface area contributed by atoms with E-state index in [-0.39, 0.29) is 6.04 Å². The van der Waals surface area contributed by atoms with E-state index in [2.05, 4.69) is 10.3 Å². The maximum absolute atomic E-state index is 5.76. The fraction of sp³-hybridized carbons (Fsp3) is 0.438. The summed E-state index contributed by atoms with van der Waals surface area (Å²) in [6.45, 7) is 2.87. The van der Waals surface area contributed by atoms with Crippen LogP contribution in [0.4, 0.5) is 5.82 Å². The Labute approximate surface area is 125 Å². The van der Waals surface area contributed by atoms with Crippen molar-refractivity contribution in [3.8, 4) is 11.5 Å². The predicted octanol–water partition coefficient (Wildman–Crippen LogP) is 2.79. The molecular formula is C16H23N3O2. The van der Waals surface area contributed by atoms with Crippen molar-refractivity contribution in [3.63, 3.8) is 0 Å². The summed E-state index contributed by atoms with van der Waals surface area (Å²) in [5, 5.41) is 5.46. The number of methoxy groups -OCH3 is 2.